The number of benzene rings is 1. The molecule has 92 valence electrons. The molecule has 0 spiro atoms. The van der Waals surface area contributed by atoms with E-state index in [2.05, 4.69) is 5.32 Å². The Morgan fingerprint density at radius 1 is 1.65 bits per heavy atom. The van der Waals surface area contributed by atoms with Crippen molar-refractivity contribution in [3.63, 3.8) is 0 Å². The molecule has 7 heteroatoms. The summed E-state index contributed by atoms with van der Waals surface area (Å²) in [5.74, 6) is -1.29. The van der Waals surface area contributed by atoms with Crippen LogP contribution in [-0.2, 0) is 0 Å². The quantitative estimate of drug-likeness (QED) is 0.640. The number of halogens is 1. The van der Waals surface area contributed by atoms with Crippen molar-refractivity contribution < 1.29 is 14.8 Å². The van der Waals surface area contributed by atoms with Gasteiger partial charge in [0.25, 0.3) is 5.69 Å². The lowest BCUT2D eigenvalue weighted by Gasteiger charge is -2.11. The van der Waals surface area contributed by atoms with Crippen molar-refractivity contribution >= 4 is 28.9 Å². The van der Waals surface area contributed by atoms with E-state index in [-0.39, 0.29) is 22.0 Å². The largest absolute Gasteiger partial charge is 0.478 e. The maximum absolute atomic E-state index is 10.9. The van der Waals surface area contributed by atoms with Gasteiger partial charge in [0.15, 0.2) is 0 Å². The predicted molar refractivity (Wildman–Crippen MR) is 64.0 cm³/mol. The van der Waals surface area contributed by atoms with Gasteiger partial charge >= 0.3 is 5.97 Å². The summed E-state index contributed by atoms with van der Waals surface area (Å²) in [6, 6.07) is 0.968. The molecule has 0 aromatic heterocycles. The van der Waals surface area contributed by atoms with Crippen molar-refractivity contribution in [2.45, 2.75) is 13.8 Å². The number of nitro groups is 1. The van der Waals surface area contributed by atoms with Crippen molar-refractivity contribution in [3.05, 3.63) is 32.3 Å². The number of rotatable bonds is 4. The van der Waals surface area contributed by atoms with Crippen LogP contribution >= 0.6 is 11.6 Å². The Labute approximate surface area is 102 Å². The zero-order valence-corrected chi connectivity index (χ0v) is 10.0. The van der Waals surface area contributed by atoms with Crippen LogP contribution in [0.25, 0.3) is 0 Å². The highest BCUT2D eigenvalue weighted by atomic mass is 35.5. The number of carboxylic acid groups (broad SMARTS) is 1. The molecule has 2 N–H and O–H groups in total. The summed E-state index contributed by atoms with van der Waals surface area (Å²) >= 11 is 5.86. The van der Waals surface area contributed by atoms with Gasteiger partial charge in [0.1, 0.15) is 5.69 Å². The zero-order chi connectivity index (χ0) is 13.2. The Balaban J connectivity index is 3.56. The SMILES string of the molecule is CCNc1c([N+](=O)[O-])cc(C(=O)O)c(Cl)c1C. The van der Waals surface area contributed by atoms with Gasteiger partial charge in [0.2, 0.25) is 0 Å². The fraction of sp³-hybridized carbons (Fsp3) is 0.300. The van der Waals surface area contributed by atoms with Crippen LogP contribution in [0.1, 0.15) is 22.8 Å². The molecule has 0 unspecified atom stereocenters. The molecule has 0 amide bonds. The van der Waals surface area contributed by atoms with E-state index in [0.717, 1.165) is 6.07 Å². The van der Waals surface area contributed by atoms with Gasteiger partial charge in [0.05, 0.1) is 15.5 Å². The maximum atomic E-state index is 10.9. The molecule has 0 aliphatic rings. The Bertz CT molecular complexity index is 488. The molecule has 0 atom stereocenters. The Morgan fingerprint density at radius 3 is 2.65 bits per heavy atom. The van der Waals surface area contributed by atoms with E-state index in [1.54, 1.807) is 13.8 Å². The van der Waals surface area contributed by atoms with E-state index >= 15 is 0 Å². The molecule has 17 heavy (non-hydrogen) atoms. The molecule has 0 bridgehead atoms. The molecular formula is C10H11ClN2O4. The first-order chi connectivity index (χ1) is 7.90. The van der Waals surface area contributed by atoms with Crippen molar-refractivity contribution in [2.24, 2.45) is 0 Å². The number of nitrogens with one attached hydrogen (secondary N) is 1. The van der Waals surface area contributed by atoms with Gasteiger partial charge in [-0.25, -0.2) is 4.79 Å². The van der Waals surface area contributed by atoms with Crippen LogP contribution in [0.5, 0.6) is 0 Å². The molecule has 0 radical (unpaired) electrons. The number of aromatic carboxylic acids is 1. The number of hydrogen-bond donors (Lipinski definition) is 2. The Hall–Kier alpha value is -1.82. The standard InChI is InChI=1S/C10H11ClN2O4/c1-3-12-9-5(2)8(11)6(10(14)15)4-7(9)13(16)17/h4,12H,3H2,1-2H3,(H,14,15). The molecule has 0 heterocycles. The van der Waals surface area contributed by atoms with Crippen molar-refractivity contribution in [2.75, 3.05) is 11.9 Å². The van der Waals surface area contributed by atoms with Gasteiger partial charge in [-0.15, -0.1) is 0 Å². The number of carbonyl (C=O) groups is 1. The molecule has 0 aliphatic carbocycles. The average Bonchev–Trinajstić information content (AvgIpc) is 2.24. The van der Waals surface area contributed by atoms with Gasteiger partial charge in [0, 0.05) is 12.6 Å². The molecule has 0 saturated carbocycles. The first-order valence-electron chi connectivity index (χ1n) is 4.84. The summed E-state index contributed by atoms with van der Waals surface area (Å²) in [6.07, 6.45) is 0. The van der Waals surface area contributed by atoms with E-state index in [9.17, 15) is 14.9 Å². The molecule has 1 aromatic carbocycles. The fourth-order valence-corrected chi connectivity index (χ4v) is 1.71. The van der Waals surface area contributed by atoms with Crippen LogP contribution in [-0.4, -0.2) is 22.5 Å². The molecule has 1 aromatic rings. The van der Waals surface area contributed by atoms with Gasteiger partial charge < -0.3 is 10.4 Å². The third-order valence-corrected chi connectivity index (χ3v) is 2.75. The summed E-state index contributed by atoms with van der Waals surface area (Å²) in [5, 5.41) is 22.6. The van der Waals surface area contributed by atoms with Gasteiger partial charge in [-0.1, -0.05) is 11.6 Å². The lowest BCUT2D eigenvalue weighted by molar-refractivity contribution is -0.384. The van der Waals surface area contributed by atoms with Crippen molar-refractivity contribution in [3.8, 4) is 0 Å². The molecule has 0 saturated heterocycles. The summed E-state index contributed by atoms with van der Waals surface area (Å²) < 4.78 is 0. The summed E-state index contributed by atoms with van der Waals surface area (Å²) in [5.41, 5.74) is 0.0660. The van der Waals surface area contributed by atoms with Gasteiger partial charge in [-0.2, -0.15) is 0 Å². The van der Waals surface area contributed by atoms with E-state index in [1.807, 2.05) is 0 Å². The lowest BCUT2D eigenvalue weighted by Crippen LogP contribution is -2.07. The Morgan fingerprint density at radius 2 is 2.24 bits per heavy atom. The van der Waals surface area contributed by atoms with Crippen LogP contribution in [0, 0.1) is 17.0 Å². The first-order valence-corrected chi connectivity index (χ1v) is 5.22. The molecular weight excluding hydrogens is 248 g/mol. The number of hydrogen-bond acceptors (Lipinski definition) is 4. The highest BCUT2D eigenvalue weighted by Crippen LogP contribution is 2.35. The molecule has 0 aliphatic heterocycles. The number of carboxylic acids is 1. The van der Waals surface area contributed by atoms with Gasteiger partial charge in [-0.3, -0.25) is 10.1 Å². The lowest BCUT2D eigenvalue weighted by atomic mass is 10.1. The van der Waals surface area contributed by atoms with Crippen molar-refractivity contribution in [1.82, 2.24) is 0 Å². The topological polar surface area (TPSA) is 92.5 Å². The normalized spacial score (nSPS) is 10.1. The van der Waals surface area contributed by atoms with Crippen LogP contribution in [0.3, 0.4) is 0 Å². The number of nitrogens with zero attached hydrogens (tertiary/aromatic N) is 1. The summed E-state index contributed by atoms with van der Waals surface area (Å²) in [4.78, 5) is 21.1. The minimum Gasteiger partial charge on any atom is -0.478 e. The number of nitro benzene ring substituents is 1. The predicted octanol–water partition coefficient (Wildman–Crippen LogP) is 2.69. The number of anilines is 1. The first kappa shape index (κ1) is 13.2. The smallest absolute Gasteiger partial charge is 0.337 e. The second-order valence-corrected chi connectivity index (χ2v) is 3.73. The van der Waals surface area contributed by atoms with Crippen LogP contribution in [0.4, 0.5) is 11.4 Å². The highest BCUT2D eigenvalue weighted by molar-refractivity contribution is 6.34. The molecule has 1 rings (SSSR count). The zero-order valence-electron chi connectivity index (χ0n) is 9.28. The van der Waals surface area contributed by atoms with Crippen LogP contribution < -0.4 is 5.32 Å². The van der Waals surface area contributed by atoms with E-state index in [4.69, 9.17) is 16.7 Å². The van der Waals surface area contributed by atoms with Crippen molar-refractivity contribution in [1.29, 1.82) is 0 Å². The van der Waals surface area contributed by atoms with Crippen LogP contribution in [0.15, 0.2) is 6.07 Å². The van der Waals surface area contributed by atoms with E-state index in [1.165, 1.54) is 0 Å². The molecule has 0 fully saturated rings. The monoisotopic (exact) mass is 258 g/mol. The minimum atomic E-state index is -1.29. The summed E-state index contributed by atoms with van der Waals surface area (Å²) in [7, 11) is 0. The van der Waals surface area contributed by atoms with Gasteiger partial charge in [-0.05, 0) is 19.4 Å². The average molecular weight is 259 g/mol. The molecule has 6 nitrogen and oxygen atoms in total. The Kier molecular flexibility index (Phi) is 3.90. The minimum absolute atomic E-state index is 0.0130. The van der Waals surface area contributed by atoms with E-state index in [0.29, 0.717) is 12.1 Å². The fourth-order valence-electron chi connectivity index (χ4n) is 1.48. The second-order valence-electron chi connectivity index (χ2n) is 3.35. The maximum Gasteiger partial charge on any atom is 0.337 e. The third kappa shape index (κ3) is 2.47. The highest BCUT2D eigenvalue weighted by Gasteiger charge is 2.23. The van der Waals surface area contributed by atoms with E-state index < -0.39 is 10.9 Å². The van der Waals surface area contributed by atoms with Crippen LogP contribution in [0.2, 0.25) is 5.02 Å². The second kappa shape index (κ2) is 5.01. The summed E-state index contributed by atoms with van der Waals surface area (Å²) in [6.45, 7) is 3.80. The third-order valence-electron chi connectivity index (χ3n) is 2.26.